The SMILES string of the molecule is COCCC(C)C(O)c1cn[nH]n1. The number of aliphatic hydroxyl groups excluding tert-OH is 1. The first-order valence-corrected chi connectivity index (χ1v) is 4.28. The third kappa shape index (κ3) is 2.78. The van der Waals surface area contributed by atoms with Crippen LogP contribution < -0.4 is 0 Å². The molecule has 13 heavy (non-hydrogen) atoms. The molecule has 0 aromatic carbocycles. The topological polar surface area (TPSA) is 71.0 Å². The first-order valence-electron chi connectivity index (χ1n) is 4.28. The summed E-state index contributed by atoms with van der Waals surface area (Å²) in [6.45, 7) is 2.61. The number of hydrogen-bond acceptors (Lipinski definition) is 4. The number of hydrogen-bond donors (Lipinski definition) is 2. The number of H-pyrrole nitrogens is 1. The van der Waals surface area contributed by atoms with Crippen LogP contribution >= 0.6 is 0 Å². The Hall–Kier alpha value is -0.940. The predicted octanol–water partition coefficient (Wildman–Crippen LogP) is 0.511. The fourth-order valence-corrected chi connectivity index (χ4v) is 1.11. The first kappa shape index (κ1) is 10.1. The average molecular weight is 185 g/mol. The van der Waals surface area contributed by atoms with E-state index in [-0.39, 0.29) is 5.92 Å². The standard InChI is InChI=1S/C8H15N3O2/c1-6(3-4-13-2)8(12)7-5-9-11-10-7/h5-6,8,12H,3-4H2,1-2H3,(H,9,10,11). The van der Waals surface area contributed by atoms with Gasteiger partial charge in [0.2, 0.25) is 0 Å². The molecule has 0 spiro atoms. The molecule has 1 heterocycles. The van der Waals surface area contributed by atoms with E-state index in [1.807, 2.05) is 6.92 Å². The minimum Gasteiger partial charge on any atom is -0.386 e. The summed E-state index contributed by atoms with van der Waals surface area (Å²) in [6, 6.07) is 0. The quantitative estimate of drug-likeness (QED) is 0.701. The maximum atomic E-state index is 9.73. The summed E-state index contributed by atoms with van der Waals surface area (Å²) in [4.78, 5) is 0. The van der Waals surface area contributed by atoms with E-state index in [1.165, 1.54) is 6.20 Å². The molecule has 0 saturated heterocycles. The monoisotopic (exact) mass is 185 g/mol. The highest BCUT2D eigenvalue weighted by atomic mass is 16.5. The van der Waals surface area contributed by atoms with Crippen molar-refractivity contribution in [3.8, 4) is 0 Å². The molecule has 1 rings (SSSR count). The largest absolute Gasteiger partial charge is 0.386 e. The molecular weight excluding hydrogens is 170 g/mol. The molecule has 0 aliphatic heterocycles. The molecular formula is C8H15N3O2. The molecule has 2 unspecified atom stereocenters. The second kappa shape index (κ2) is 4.94. The molecule has 0 aliphatic rings. The lowest BCUT2D eigenvalue weighted by atomic mass is 9.99. The average Bonchev–Trinajstić information content (AvgIpc) is 2.65. The summed E-state index contributed by atoms with van der Waals surface area (Å²) in [7, 11) is 1.65. The Labute approximate surface area is 77.1 Å². The van der Waals surface area contributed by atoms with Gasteiger partial charge in [-0.15, -0.1) is 0 Å². The van der Waals surface area contributed by atoms with Crippen LogP contribution in [-0.2, 0) is 4.74 Å². The third-order valence-electron chi connectivity index (χ3n) is 2.05. The van der Waals surface area contributed by atoms with Crippen LogP contribution in [0, 0.1) is 5.92 Å². The van der Waals surface area contributed by atoms with Crippen LogP contribution in [0.3, 0.4) is 0 Å². The van der Waals surface area contributed by atoms with Crippen LogP contribution in [0.2, 0.25) is 0 Å². The van der Waals surface area contributed by atoms with Gasteiger partial charge >= 0.3 is 0 Å². The molecule has 0 aliphatic carbocycles. The van der Waals surface area contributed by atoms with Gasteiger partial charge in [0.25, 0.3) is 0 Å². The minimum atomic E-state index is -0.561. The fourth-order valence-electron chi connectivity index (χ4n) is 1.11. The highest BCUT2D eigenvalue weighted by Crippen LogP contribution is 2.21. The lowest BCUT2D eigenvalue weighted by molar-refractivity contribution is 0.0854. The van der Waals surface area contributed by atoms with Gasteiger partial charge < -0.3 is 9.84 Å². The fraction of sp³-hybridized carbons (Fsp3) is 0.750. The highest BCUT2D eigenvalue weighted by molar-refractivity contribution is 4.97. The third-order valence-corrected chi connectivity index (χ3v) is 2.05. The molecule has 2 N–H and O–H groups in total. The molecule has 0 radical (unpaired) electrons. The van der Waals surface area contributed by atoms with Gasteiger partial charge in [0.15, 0.2) is 0 Å². The Kier molecular flexibility index (Phi) is 3.85. The van der Waals surface area contributed by atoms with E-state index in [2.05, 4.69) is 15.4 Å². The molecule has 1 aromatic rings. The van der Waals surface area contributed by atoms with Crippen molar-refractivity contribution in [1.29, 1.82) is 0 Å². The smallest absolute Gasteiger partial charge is 0.111 e. The second-order valence-electron chi connectivity index (χ2n) is 3.10. The molecule has 5 nitrogen and oxygen atoms in total. The van der Waals surface area contributed by atoms with Gasteiger partial charge in [-0.25, -0.2) is 0 Å². The van der Waals surface area contributed by atoms with Gasteiger partial charge in [0, 0.05) is 13.7 Å². The van der Waals surface area contributed by atoms with Crippen molar-refractivity contribution in [3.05, 3.63) is 11.9 Å². The van der Waals surface area contributed by atoms with E-state index in [0.29, 0.717) is 12.3 Å². The number of rotatable bonds is 5. The zero-order chi connectivity index (χ0) is 9.68. The number of aromatic nitrogens is 3. The highest BCUT2D eigenvalue weighted by Gasteiger charge is 2.18. The van der Waals surface area contributed by atoms with E-state index in [9.17, 15) is 5.11 Å². The van der Waals surface area contributed by atoms with Gasteiger partial charge in [-0.05, 0) is 12.3 Å². The predicted molar refractivity (Wildman–Crippen MR) is 47.0 cm³/mol. The number of aromatic amines is 1. The van der Waals surface area contributed by atoms with Crippen LogP contribution in [0.5, 0.6) is 0 Å². The maximum absolute atomic E-state index is 9.73. The van der Waals surface area contributed by atoms with Crippen LogP contribution in [-0.4, -0.2) is 34.2 Å². The number of aliphatic hydroxyl groups is 1. The summed E-state index contributed by atoms with van der Waals surface area (Å²) < 4.78 is 4.93. The number of nitrogens with one attached hydrogen (secondary N) is 1. The Morgan fingerprint density at radius 2 is 2.46 bits per heavy atom. The number of methoxy groups -OCH3 is 1. The van der Waals surface area contributed by atoms with Gasteiger partial charge in [0.05, 0.1) is 6.20 Å². The Morgan fingerprint density at radius 1 is 1.69 bits per heavy atom. The van der Waals surface area contributed by atoms with E-state index in [1.54, 1.807) is 7.11 Å². The normalized spacial score (nSPS) is 15.6. The summed E-state index contributed by atoms with van der Waals surface area (Å²) in [6.07, 6.45) is 1.78. The summed E-state index contributed by atoms with van der Waals surface area (Å²) >= 11 is 0. The Balaban J connectivity index is 2.43. The van der Waals surface area contributed by atoms with Crippen molar-refractivity contribution < 1.29 is 9.84 Å². The Bertz CT molecular complexity index is 225. The first-order chi connectivity index (χ1) is 6.25. The van der Waals surface area contributed by atoms with E-state index in [0.717, 1.165) is 6.42 Å². The summed E-state index contributed by atoms with van der Waals surface area (Å²) in [5.74, 6) is 0.130. The van der Waals surface area contributed by atoms with Crippen molar-refractivity contribution in [2.24, 2.45) is 5.92 Å². The van der Waals surface area contributed by atoms with E-state index < -0.39 is 6.10 Å². The zero-order valence-corrected chi connectivity index (χ0v) is 7.90. The van der Waals surface area contributed by atoms with Gasteiger partial charge in [-0.1, -0.05) is 6.92 Å². The molecule has 2 atom stereocenters. The molecule has 0 amide bonds. The molecule has 0 bridgehead atoms. The van der Waals surface area contributed by atoms with E-state index in [4.69, 9.17) is 4.74 Å². The lowest BCUT2D eigenvalue weighted by Crippen LogP contribution is -2.11. The summed E-state index contributed by atoms with van der Waals surface area (Å²) in [5.41, 5.74) is 0.587. The molecule has 5 heteroatoms. The zero-order valence-electron chi connectivity index (χ0n) is 7.90. The molecule has 0 fully saturated rings. The molecule has 74 valence electrons. The van der Waals surface area contributed by atoms with Crippen molar-refractivity contribution in [2.45, 2.75) is 19.4 Å². The summed E-state index contributed by atoms with van der Waals surface area (Å²) in [5, 5.41) is 19.7. The Morgan fingerprint density at radius 3 is 3.00 bits per heavy atom. The lowest BCUT2D eigenvalue weighted by Gasteiger charge is -2.15. The molecule has 0 saturated carbocycles. The van der Waals surface area contributed by atoms with Crippen molar-refractivity contribution in [2.75, 3.05) is 13.7 Å². The van der Waals surface area contributed by atoms with Crippen LogP contribution in [0.25, 0.3) is 0 Å². The van der Waals surface area contributed by atoms with Gasteiger partial charge in [0.1, 0.15) is 11.8 Å². The van der Waals surface area contributed by atoms with Crippen LogP contribution in [0.4, 0.5) is 0 Å². The van der Waals surface area contributed by atoms with Crippen molar-refractivity contribution in [3.63, 3.8) is 0 Å². The van der Waals surface area contributed by atoms with Gasteiger partial charge in [-0.2, -0.15) is 15.4 Å². The van der Waals surface area contributed by atoms with Crippen LogP contribution in [0.1, 0.15) is 25.1 Å². The molecule has 1 aromatic heterocycles. The van der Waals surface area contributed by atoms with Crippen molar-refractivity contribution >= 4 is 0 Å². The van der Waals surface area contributed by atoms with Crippen LogP contribution in [0.15, 0.2) is 6.20 Å². The number of ether oxygens (including phenoxy) is 1. The van der Waals surface area contributed by atoms with Crippen molar-refractivity contribution in [1.82, 2.24) is 15.4 Å². The minimum absolute atomic E-state index is 0.130. The second-order valence-corrected chi connectivity index (χ2v) is 3.10. The van der Waals surface area contributed by atoms with E-state index >= 15 is 0 Å². The van der Waals surface area contributed by atoms with Gasteiger partial charge in [-0.3, -0.25) is 0 Å². The number of nitrogens with zero attached hydrogens (tertiary/aromatic N) is 2. The maximum Gasteiger partial charge on any atom is 0.111 e.